The summed E-state index contributed by atoms with van der Waals surface area (Å²) >= 11 is 0. The van der Waals surface area contributed by atoms with Gasteiger partial charge in [-0.1, -0.05) is 12.1 Å². The van der Waals surface area contributed by atoms with Gasteiger partial charge in [-0.05, 0) is 17.7 Å². The number of hydrogen-bond donors (Lipinski definition) is 2. The van der Waals surface area contributed by atoms with E-state index in [9.17, 15) is 8.42 Å². The zero-order valence-electron chi connectivity index (χ0n) is 8.53. The van der Waals surface area contributed by atoms with E-state index < -0.39 is 10.0 Å². The second-order valence-electron chi connectivity index (χ2n) is 3.85. The van der Waals surface area contributed by atoms with Crippen molar-refractivity contribution >= 4 is 15.7 Å². The van der Waals surface area contributed by atoms with E-state index in [1.807, 2.05) is 18.2 Å². The Morgan fingerprint density at radius 3 is 2.67 bits per heavy atom. The predicted molar refractivity (Wildman–Crippen MR) is 60.5 cm³/mol. The van der Waals surface area contributed by atoms with E-state index in [0.29, 0.717) is 11.6 Å². The molecule has 4 nitrogen and oxygen atoms in total. The van der Waals surface area contributed by atoms with Crippen LogP contribution in [0.15, 0.2) is 24.3 Å². The molecule has 1 aliphatic heterocycles. The van der Waals surface area contributed by atoms with Crippen LogP contribution in [0.2, 0.25) is 0 Å². The van der Waals surface area contributed by atoms with Crippen LogP contribution in [0.25, 0.3) is 0 Å². The molecule has 0 atom stereocenters. The van der Waals surface area contributed by atoms with Gasteiger partial charge in [-0.25, -0.2) is 8.42 Å². The Hall–Kier alpha value is -1.07. The highest BCUT2D eigenvalue weighted by atomic mass is 32.2. The number of sulfonamides is 1. The molecule has 15 heavy (non-hydrogen) atoms. The van der Waals surface area contributed by atoms with Crippen LogP contribution in [0.1, 0.15) is 11.5 Å². The van der Waals surface area contributed by atoms with E-state index in [2.05, 4.69) is 10.0 Å². The topological polar surface area (TPSA) is 58.2 Å². The van der Waals surface area contributed by atoms with Crippen molar-refractivity contribution in [3.63, 3.8) is 0 Å². The Morgan fingerprint density at radius 1 is 1.40 bits per heavy atom. The average Bonchev–Trinajstić information content (AvgIpc) is 1.97. The SMILES string of the molecule is CS(=O)(=O)Nc1cccc(C2CNC2)c1. The van der Waals surface area contributed by atoms with E-state index in [-0.39, 0.29) is 0 Å². The van der Waals surface area contributed by atoms with Gasteiger partial charge in [0.25, 0.3) is 0 Å². The summed E-state index contributed by atoms with van der Waals surface area (Å²) in [4.78, 5) is 0. The van der Waals surface area contributed by atoms with Gasteiger partial charge in [0.15, 0.2) is 0 Å². The summed E-state index contributed by atoms with van der Waals surface area (Å²) in [5, 5.41) is 3.19. The Morgan fingerprint density at radius 2 is 2.13 bits per heavy atom. The van der Waals surface area contributed by atoms with Gasteiger partial charge in [-0.15, -0.1) is 0 Å². The first-order valence-electron chi connectivity index (χ1n) is 4.83. The van der Waals surface area contributed by atoms with Gasteiger partial charge >= 0.3 is 0 Å². The molecule has 2 rings (SSSR count). The normalized spacial score (nSPS) is 17.1. The first kappa shape index (κ1) is 10.4. The van der Waals surface area contributed by atoms with Crippen molar-refractivity contribution < 1.29 is 8.42 Å². The van der Waals surface area contributed by atoms with Crippen LogP contribution in [0.5, 0.6) is 0 Å². The van der Waals surface area contributed by atoms with Crippen molar-refractivity contribution in [2.75, 3.05) is 24.1 Å². The first-order valence-corrected chi connectivity index (χ1v) is 6.72. The van der Waals surface area contributed by atoms with Crippen LogP contribution in [-0.2, 0) is 10.0 Å². The molecule has 82 valence electrons. The summed E-state index contributed by atoms with van der Waals surface area (Å²) < 4.78 is 24.6. The van der Waals surface area contributed by atoms with Crippen molar-refractivity contribution in [2.24, 2.45) is 0 Å². The van der Waals surface area contributed by atoms with Crippen LogP contribution < -0.4 is 10.0 Å². The number of anilines is 1. The highest BCUT2D eigenvalue weighted by molar-refractivity contribution is 7.92. The van der Waals surface area contributed by atoms with Gasteiger partial charge in [-0.2, -0.15) is 0 Å². The van der Waals surface area contributed by atoms with E-state index in [1.54, 1.807) is 6.07 Å². The van der Waals surface area contributed by atoms with Gasteiger partial charge in [0.2, 0.25) is 10.0 Å². The summed E-state index contributed by atoms with van der Waals surface area (Å²) in [5.74, 6) is 0.520. The number of nitrogens with one attached hydrogen (secondary N) is 2. The number of benzene rings is 1. The van der Waals surface area contributed by atoms with Gasteiger partial charge in [0, 0.05) is 24.7 Å². The molecule has 0 amide bonds. The molecule has 0 bridgehead atoms. The molecule has 0 unspecified atom stereocenters. The van der Waals surface area contributed by atoms with Crippen LogP contribution in [0, 0.1) is 0 Å². The Kier molecular flexibility index (Phi) is 2.67. The lowest BCUT2D eigenvalue weighted by molar-refractivity contribution is 0.448. The maximum Gasteiger partial charge on any atom is 0.229 e. The minimum Gasteiger partial charge on any atom is -0.315 e. The molecule has 1 aromatic carbocycles. The molecule has 2 N–H and O–H groups in total. The predicted octanol–water partition coefficient (Wildman–Crippen LogP) is 0.745. The van der Waals surface area contributed by atoms with Crippen LogP contribution in [0.4, 0.5) is 5.69 Å². The van der Waals surface area contributed by atoms with Gasteiger partial charge in [-0.3, -0.25) is 4.72 Å². The Balaban J connectivity index is 2.18. The molecule has 1 heterocycles. The minimum atomic E-state index is -3.17. The average molecular weight is 226 g/mol. The van der Waals surface area contributed by atoms with Gasteiger partial charge < -0.3 is 5.32 Å². The summed E-state index contributed by atoms with van der Waals surface area (Å²) in [6.07, 6.45) is 1.16. The molecule has 1 saturated heterocycles. The smallest absolute Gasteiger partial charge is 0.229 e. The fraction of sp³-hybridized carbons (Fsp3) is 0.400. The number of hydrogen-bond acceptors (Lipinski definition) is 3. The molecular formula is C10H14N2O2S. The Bertz CT molecular complexity index is 452. The zero-order chi connectivity index (χ0) is 10.9. The monoisotopic (exact) mass is 226 g/mol. The molecule has 0 saturated carbocycles. The molecule has 0 aromatic heterocycles. The highest BCUT2D eigenvalue weighted by Gasteiger charge is 2.18. The lowest BCUT2D eigenvalue weighted by Crippen LogP contribution is -2.39. The van der Waals surface area contributed by atoms with Crippen molar-refractivity contribution in [3.8, 4) is 0 Å². The third-order valence-corrected chi connectivity index (χ3v) is 3.05. The summed E-state index contributed by atoms with van der Waals surface area (Å²) in [5.41, 5.74) is 1.82. The minimum absolute atomic E-state index is 0.520. The fourth-order valence-electron chi connectivity index (χ4n) is 1.59. The third-order valence-electron chi connectivity index (χ3n) is 2.44. The van der Waals surface area contributed by atoms with Crippen LogP contribution >= 0.6 is 0 Å². The zero-order valence-corrected chi connectivity index (χ0v) is 9.34. The molecule has 0 aliphatic carbocycles. The van der Waals surface area contributed by atoms with Gasteiger partial charge in [0.05, 0.1) is 6.26 Å². The largest absolute Gasteiger partial charge is 0.315 e. The van der Waals surface area contributed by atoms with Crippen LogP contribution in [0.3, 0.4) is 0 Å². The molecular weight excluding hydrogens is 212 g/mol. The lowest BCUT2D eigenvalue weighted by Gasteiger charge is -2.27. The standard InChI is InChI=1S/C10H14N2O2S/c1-15(13,14)12-10-4-2-3-8(5-10)9-6-11-7-9/h2-5,9,11-12H,6-7H2,1H3. The molecule has 1 aliphatic rings. The maximum atomic E-state index is 11.0. The van der Waals surface area contributed by atoms with Crippen molar-refractivity contribution in [1.29, 1.82) is 0 Å². The van der Waals surface area contributed by atoms with Crippen LogP contribution in [-0.4, -0.2) is 27.8 Å². The second-order valence-corrected chi connectivity index (χ2v) is 5.60. The fourth-order valence-corrected chi connectivity index (χ4v) is 2.15. The number of rotatable bonds is 3. The summed E-state index contributed by atoms with van der Waals surface area (Å²) in [7, 11) is -3.17. The lowest BCUT2D eigenvalue weighted by atomic mass is 9.94. The van der Waals surface area contributed by atoms with Crippen molar-refractivity contribution in [2.45, 2.75) is 5.92 Å². The Labute approximate surface area is 89.7 Å². The molecule has 1 fully saturated rings. The summed E-state index contributed by atoms with van der Waals surface area (Å²) in [6, 6.07) is 7.56. The molecule has 0 radical (unpaired) electrons. The maximum absolute atomic E-state index is 11.0. The van der Waals surface area contributed by atoms with Crippen molar-refractivity contribution in [3.05, 3.63) is 29.8 Å². The first-order chi connectivity index (χ1) is 7.04. The quantitative estimate of drug-likeness (QED) is 0.799. The second kappa shape index (κ2) is 3.83. The van der Waals surface area contributed by atoms with Crippen molar-refractivity contribution in [1.82, 2.24) is 5.32 Å². The van der Waals surface area contributed by atoms with E-state index in [4.69, 9.17) is 0 Å². The van der Waals surface area contributed by atoms with E-state index in [1.165, 1.54) is 5.56 Å². The highest BCUT2D eigenvalue weighted by Crippen LogP contribution is 2.22. The third kappa shape index (κ3) is 2.70. The van der Waals surface area contributed by atoms with E-state index >= 15 is 0 Å². The summed E-state index contributed by atoms with van der Waals surface area (Å²) in [6.45, 7) is 1.95. The molecule has 1 aromatic rings. The molecule has 5 heteroatoms. The van der Waals surface area contributed by atoms with E-state index in [0.717, 1.165) is 19.3 Å². The molecule has 0 spiro atoms. The van der Waals surface area contributed by atoms with Gasteiger partial charge in [0.1, 0.15) is 0 Å².